The summed E-state index contributed by atoms with van der Waals surface area (Å²) in [5.74, 6) is 0.150. The molecule has 2 aromatic rings. The van der Waals surface area contributed by atoms with Crippen molar-refractivity contribution in [3.8, 4) is 5.75 Å². The van der Waals surface area contributed by atoms with Crippen molar-refractivity contribution in [1.29, 1.82) is 0 Å². The van der Waals surface area contributed by atoms with Gasteiger partial charge >= 0.3 is 6.61 Å². The summed E-state index contributed by atoms with van der Waals surface area (Å²) in [5, 5.41) is 5.10. The Balaban J connectivity index is 2.50. The summed E-state index contributed by atoms with van der Waals surface area (Å²) in [6, 6.07) is 4.79. The number of aryl methyl sites for hydroxylation is 1. The van der Waals surface area contributed by atoms with E-state index in [4.69, 9.17) is 0 Å². The Morgan fingerprint density at radius 2 is 2.20 bits per heavy atom. The molecule has 80 valence electrons. The predicted molar refractivity (Wildman–Crippen MR) is 60.1 cm³/mol. The maximum Gasteiger partial charge on any atom is 0.387 e. The van der Waals surface area contributed by atoms with Crippen molar-refractivity contribution in [3.05, 3.63) is 21.9 Å². The third-order valence-electron chi connectivity index (χ3n) is 2.00. The third-order valence-corrected chi connectivity index (χ3v) is 2.80. The van der Waals surface area contributed by atoms with Crippen LogP contribution in [0.4, 0.5) is 8.78 Å². The Labute approximate surface area is 98.2 Å². The summed E-state index contributed by atoms with van der Waals surface area (Å²) in [6.45, 7) is -2.80. The lowest BCUT2D eigenvalue weighted by Gasteiger charge is -2.04. The van der Waals surface area contributed by atoms with Gasteiger partial charge in [-0.1, -0.05) is 0 Å². The zero-order valence-corrected chi connectivity index (χ0v) is 9.90. The van der Waals surface area contributed by atoms with Crippen LogP contribution in [0.3, 0.4) is 0 Å². The molecule has 0 fully saturated rings. The number of halogens is 3. The summed E-state index contributed by atoms with van der Waals surface area (Å²) in [5.41, 5.74) is 0.776. The fourth-order valence-electron chi connectivity index (χ4n) is 1.37. The molecule has 0 unspecified atom stereocenters. The van der Waals surface area contributed by atoms with Gasteiger partial charge in [-0.25, -0.2) is 0 Å². The van der Waals surface area contributed by atoms with E-state index >= 15 is 0 Å². The van der Waals surface area contributed by atoms with Gasteiger partial charge in [0.1, 0.15) is 9.45 Å². The molecule has 0 saturated carbocycles. The van der Waals surface area contributed by atoms with Gasteiger partial charge in [0.2, 0.25) is 0 Å². The number of hydrogen-bond donors (Lipinski definition) is 0. The van der Waals surface area contributed by atoms with Crippen molar-refractivity contribution in [2.75, 3.05) is 0 Å². The van der Waals surface area contributed by atoms with E-state index in [1.165, 1.54) is 6.07 Å². The van der Waals surface area contributed by atoms with Gasteiger partial charge in [-0.2, -0.15) is 13.9 Å². The fraction of sp³-hybridized carbons (Fsp3) is 0.222. The molecule has 0 aliphatic rings. The Kier molecular flexibility index (Phi) is 2.76. The number of aromatic nitrogens is 2. The number of fused-ring (bicyclic) bond motifs is 1. The van der Waals surface area contributed by atoms with E-state index in [1.54, 1.807) is 23.9 Å². The zero-order valence-electron chi connectivity index (χ0n) is 7.75. The average molecular weight is 324 g/mol. The van der Waals surface area contributed by atoms with Gasteiger partial charge in [-0.15, -0.1) is 0 Å². The molecule has 0 radical (unpaired) electrons. The van der Waals surface area contributed by atoms with E-state index in [0.29, 0.717) is 0 Å². The number of rotatable bonds is 2. The van der Waals surface area contributed by atoms with Crippen molar-refractivity contribution < 1.29 is 13.5 Å². The molecule has 1 aromatic heterocycles. The number of ether oxygens (including phenoxy) is 1. The molecule has 0 aliphatic carbocycles. The SMILES string of the molecule is Cn1nc(I)c2ccc(OC(F)F)cc21. The van der Waals surface area contributed by atoms with E-state index < -0.39 is 6.61 Å². The molecule has 15 heavy (non-hydrogen) atoms. The Bertz CT molecular complexity index is 498. The first-order valence-electron chi connectivity index (χ1n) is 4.15. The standard InChI is InChI=1S/C9H7F2IN2O/c1-14-7-4-5(15-9(10)11)2-3-6(7)8(12)13-14/h2-4,9H,1H3. The highest BCUT2D eigenvalue weighted by Gasteiger charge is 2.09. The van der Waals surface area contributed by atoms with Crippen LogP contribution in [-0.2, 0) is 7.05 Å². The van der Waals surface area contributed by atoms with Crippen LogP contribution in [0.2, 0.25) is 0 Å². The topological polar surface area (TPSA) is 27.1 Å². The Morgan fingerprint density at radius 1 is 1.47 bits per heavy atom. The molecular formula is C9H7F2IN2O. The summed E-state index contributed by atoms with van der Waals surface area (Å²) in [4.78, 5) is 0. The molecule has 0 saturated heterocycles. The van der Waals surface area contributed by atoms with Crippen LogP contribution in [0, 0.1) is 3.70 Å². The molecule has 1 heterocycles. The maximum absolute atomic E-state index is 12.0. The second-order valence-corrected chi connectivity index (χ2v) is 3.99. The van der Waals surface area contributed by atoms with Crippen molar-refractivity contribution >= 4 is 33.5 Å². The van der Waals surface area contributed by atoms with Crippen LogP contribution < -0.4 is 4.74 Å². The molecule has 0 N–H and O–H groups in total. The molecule has 0 bridgehead atoms. The van der Waals surface area contributed by atoms with Gasteiger partial charge in [0.05, 0.1) is 5.52 Å². The van der Waals surface area contributed by atoms with E-state index in [9.17, 15) is 8.78 Å². The van der Waals surface area contributed by atoms with Crippen LogP contribution in [0.25, 0.3) is 10.9 Å². The summed E-state index contributed by atoms with van der Waals surface area (Å²) in [6.07, 6.45) is 0. The Hall–Kier alpha value is -0.920. The first kappa shape index (κ1) is 10.6. The van der Waals surface area contributed by atoms with Crippen LogP contribution in [-0.4, -0.2) is 16.4 Å². The number of nitrogens with zero attached hydrogens (tertiary/aromatic N) is 2. The summed E-state index contributed by atoms with van der Waals surface area (Å²) >= 11 is 2.10. The quantitative estimate of drug-likeness (QED) is 0.795. The fourth-order valence-corrected chi connectivity index (χ4v) is 2.15. The van der Waals surface area contributed by atoms with Gasteiger partial charge < -0.3 is 4.74 Å². The van der Waals surface area contributed by atoms with Crippen LogP contribution >= 0.6 is 22.6 Å². The average Bonchev–Trinajstić information content (AvgIpc) is 2.41. The van der Waals surface area contributed by atoms with Crippen molar-refractivity contribution in [3.63, 3.8) is 0 Å². The number of benzene rings is 1. The third kappa shape index (κ3) is 2.04. The van der Waals surface area contributed by atoms with Gasteiger partial charge in [-0.3, -0.25) is 4.68 Å². The lowest BCUT2D eigenvalue weighted by molar-refractivity contribution is -0.0497. The van der Waals surface area contributed by atoms with Crippen LogP contribution in [0.15, 0.2) is 18.2 Å². The summed E-state index contributed by atoms with van der Waals surface area (Å²) in [7, 11) is 1.76. The second-order valence-electron chi connectivity index (χ2n) is 2.97. The largest absolute Gasteiger partial charge is 0.435 e. The predicted octanol–water partition coefficient (Wildman–Crippen LogP) is 2.78. The van der Waals surface area contributed by atoms with Gasteiger partial charge in [0.25, 0.3) is 0 Å². The van der Waals surface area contributed by atoms with Crippen LogP contribution in [0.5, 0.6) is 5.75 Å². The van der Waals surface area contributed by atoms with Gasteiger partial charge in [0.15, 0.2) is 0 Å². The van der Waals surface area contributed by atoms with Gasteiger partial charge in [-0.05, 0) is 34.7 Å². The normalized spacial score (nSPS) is 11.3. The molecule has 0 atom stereocenters. The van der Waals surface area contributed by atoms with Crippen molar-refractivity contribution in [2.45, 2.75) is 6.61 Å². The lowest BCUT2D eigenvalue weighted by Crippen LogP contribution is -2.01. The zero-order chi connectivity index (χ0) is 11.0. The number of hydrogen-bond acceptors (Lipinski definition) is 2. The Morgan fingerprint density at radius 3 is 2.87 bits per heavy atom. The minimum Gasteiger partial charge on any atom is -0.435 e. The summed E-state index contributed by atoms with van der Waals surface area (Å²) < 4.78 is 30.7. The highest BCUT2D eigenvalue weighted by atomic mass is 127. The molecule has 1 aromatic carbocycles. The van der Waals surface area contributed by atoms with E-state index in [0.717, 1.165) is 14.6 Å². The molecule has 6 heteroatoms. The molecule has 2 rings (SSSR count). The van der Waals surface area contributed by atoms with E-state index in [2.05, 4.69) is 32.4 Å². The molecule has 3 nitrogen and oxygen atoms in total. The minimum absolute atomic E-state index is 0.150. The first-order valence-corrected chi connectivity index (χ1v) is 5.23. The number of alkyl halides is 2. The van der Waals surface area contributed by atoms with E-state index in [1.807, 2.05) is 0 Å². The monoisotopic (exact) mass is 324 g/mol. The van der Waals surface area contributed by atoms with Crippen LogP contribution in [0.1, 0.15) is 0 Å². The van der Waals surface area contributed by atoms with Crippen molar-refractivity contribution in [1.82, 2.24) is 9.78 Å². The first-order chi connectivity index (χ1) is 7.08. The van der Waals surface area contributed by atoms with E-state index in [-0.39, 0.29) is 5.75 Å². The maximum atomic E-state index is 12.0. The molecule has 0 spiro atoms. The minimum atomic E-state index is -2.80. The highest BCUT2D eigenvalue weighted by molar-refractivity contribution is 14.1. The highest BCUT2D eigenvalue weighted by Crippen LogP contribution is 2.25. The molecule has 0 aliphatic heterocycles. The lowest BCUT2D eigenvalue weighted by atomic mass is 10.2. The molecule has 0 amide bonds. The van der Waals surface area contributed by atoms with Gasteiger partial charge in [0, 0.05) is 18.5 Å². The smallest absolute Gasteiger partial charge is 0.387 e. The molecular weight excluding hydrogens is 317 g/mol. The van der Waals surface area contributed by atoms with Crippen molar-refractivity contribution in [2.24, 2.45) is 7.05 Å². The second kappa shape index (κ2) is 3.92.